The number of methoxy groups -OCH3 is 2. The Morgan fingerprint density at radius 3 is 2.62 bits per heavy atom. The molecule has 0 radical (unpaired) electrons. The van der Waals surface area contributed by atoms with Crippen molar-refractivity contribution in [2.45, 2.75) is 6.92 Å². The van der Waals surface area contributed by atoms with Crippen LogP contribution in [0.3, 0.4) is 0 Å². The lowest BCUT2D eigenvalue weighted by molar-refractivity contribution is 0.0590. The SMILES string of the molecule is COC(=O)c1nn(-c2ccc(OC)c(F)c2)cc(C)c1=O. The van der Waals surface area contributed by atoms with Crippen LogP contribution in [0.15, 0.2) is 29.2 Å². The van der Waals surface area contributed by atoms with Gasteiger partial charge in [-0.2, -0.15) is 5.10 Å². The number of carbonyl (C=O) groups excluding carboxylic acids is 1. The average Bonchev–Trinajstić information content (AvgIpc) is 2.49. The van der Waals surface area contributed by atoms with Gasteiger partial charge in [0.2, 0.25) is 11.1 Å². The zero-order chi connectivity index (χ0) is 15.6. The normalized spacial score (nSPS) is 10.3. The van der Waals surface area contributed by atoms with Crippen LogP contribution in [0.25, 0.3) is 5.69 Å². The molecule has 0 fully saturated rings. The van der Waals surface area contributed by atoms with E-state index in [1.807, 2.05) is 0 Å². The summed E-state index contributed by atoms with van der Waals surface area (Å²) in [6.45, 7) is 1.53. The van der Waals surface area contributed by atoms with Crippen LogP contribution in [-0.4, -0.2) is 30.0 Å². The minimum absolute atomic E-state index is 0.0877. The second kappa shape index (κ2) is 5.74. The first-order chi connectivity index (χ1) is 9.97. The van der Waals surface area contributed by atoms with Crippen molar-refractivity contribution in [2.24, 2.45) is 0 Å². The molecule has 0 amide bonds. The Balaban J connectivity index is 2.59. The molecule has 0 bridgehead atoms. The summed E-state index contributed by atoms with van der Waals surface area (Å²) in [6, 6.07) is 4.17. The summed E-state index contributed by atoms with van der Waals surface area (Å²) in [5, 5.41) is 3.89. The third-order valence-electron chi connectivity index (χ3n) is 2.88. The predicted octanol–water partition coefficient (Wildman–Crippen LogP) is 1.48. The summed E-state index contributed by atoms with van der Waals surface area (Å²) in [7, 11) is 2.51. The second-order valence-electron chi connectivity index (χ2n) is 4.24. The van der Waals surface area contributed by atoms with Gasteiger partial charge in [0.1, 0.15) is 0 Å². The molecular weight excluding hydrogens is 279 g/mol. The van der Waals surface area contributed by atoms with E-state index < -0.39 is 17.2 Å². The van der Waals surface area contributed by atoms with E-state index in [1.54, 1.807) is 6.07 Å². The molecule has 0 saturated carbocycles. The Morgan fingerprint density at radius 1 is 1.33 bits per heavy atom. The van der Waals surface area contributed by atoms with Crippen LogP contribution in [0.4, 0.5) is 4.39 Å². The van der Waals surface area contributed by atoms with Gasteiger partial charge >= 0.3 is 5.97 Å². The molecule has 21 heavy (non-hydrogen) atoms. The van der Waals surface area contributed by atoms with Gasteiger partial charge < -0.3 is 9.47 Å². The maximum absolute atomic E-state index is 13.7. The molecule has 2 aromatic rings. The fraction of sp³-hybridized carbons (Fsp3) is 0.214. The number of rotatable bonds is 3. The van der Waals surface area contributed by atoms with Gasteiger partial charge in [-0.15, -0.1) is 0 Å². The van der Waals surface area contributed by atoms with Crippen molar-refractivity contribution in [2.75, 3.05) is 14.2 Å². The molecule has 1 aromatic heterocycles. The highest BCUT2D eigenvalue weighted by Gasteiger charge is 2.16. The minimum atomic E-state index is -0.841. The lowest BCUT2D eigenvalue weighted by Crippen LogP contribution is -2.24. The zero-order valence-corrected chi connectivity index (χ0v) is 11.7. The van der Waals surface area contributed by atoms with Crippen molar-refractivity contribution < 1.29 is 18.7 Å². The fourth-order valence-electron chi connectivity index (χ4n) is 1.77. The third kappa shape index (κ3) is 2.76. The lowest BCUT2D eigenvalue weighted by Gasteiger charge is -2.09. The summed E-state index contributed by atoms with van der Waals surface area (Å²) < 4.78 is 24.3. The molecular formula is C14H13FN2O4. The van der Waals surface area contributed by atoms with Crippen molar-refractivity contribution in [3.05, 3.63) is 51.7 Å². The Kier molecular flexibility index (Phi) is 4.02. The molecule has 1 heterocycles. The number of aryl methyl sites for hydroxylation is 1. The number of benzene rings is 1. The van der Waals surface area contributed by atoms with E-state index in [2.05, 4.69) is 9.84 Å². The van der Waals surface area contributed by atoms with E-state index >= 15 is 0 Å². The molecule has 6 nitrogen and oxygen atoms in total. The van der Waals surface area contributed by atoms with Crippen molar-refractivity contribution in [1.29, 1.82) is 0 Å². The molecule has 1 aromatic carbocycles. The number of hydrogen-bond acceptors (Lipinski definition) is 5. The van der Waals surface area contributed by atoms with Gasteiger partial charge in [0, 0.05) is 17.8 Å². The highest BCUT2D eigenvalue weighted by molar-refractivity contribution is 5.87. The third-order valence-corrected chi connectivity index (χ3v) is 2.88. The molecule has 7 heteroatoms. The molecule has 110 valence electrons. The number of nitrogens with zero attached hydrogens (tertiary/aromatic N) is 2. The minimum Gasteiger partial charge on any atom is -0.494 e. The standard InChI is InChI=1S/C14H13FN2O4/c1-8-7-17(16-12(13(8)18)14(19)21-3)9-4-5-11(20-2)10(15)6-9/h4-7H,1-3H3. The molecule has 2 rings (SSSR count). The quantitative estimate of drug-likeness (QED) is 0.801. The molecule has 0 saturated heterocycles. The summed E-state index contributed by atoms with van der Waals surface area (Å²) in [4.78, 5) is 23.4. The molecule has 0 unspecified atom stereocenters. The van der Waals surface area contributed by atoms with Gasteiger partial charge in [-0.25, -0.2) is 13.9 Å². The second-order valence-corrected chi connectivity index (χ2v) is 4.24. The first-order valence-electron chi connectivity index (χ1n) is 6.00. The topological polar surface area (TPSA) is 70.4 Å². The number of halogens is 1. The van der Waals surface area contributed by atoms with Crippen molar-refractivity contribution >= 4 is 5.97 Å². The summed E-state index contributed by atoms with van der Waals surface area (Å²) in [6.07, 6.45) is 1.41. The number of carbonyl (C=O) groups is 1. The van der Waals surface area contributed by atoms with Gasteiger partial charge in [-0.3, -0.25) is 4.79 Å². The van der Waals surface area contributed by atoms with Gasteiger partial charge in [0.25, 0.3) is 0 Å². The van der Waals surface area contributed by atoms with Gasteiger partial charge in [0.15, 0.2) is 11.6 Å². The van der Waals surface area contributed by atoms with Crippen LogP contribution in [0, 0.1) is 12.7 Å². The van der Waals surface area contributed by atoms with Crippen LogP contribution in [0.2, 0.25) is 0 Å². The molecule has 0 N–H and O–H groups in total. The van der Waals surface area contributed by atoms with E-state index in [0.29, 0.717) is 11.3 Å². The van der Waals surface area contributed by atoms with Gasteiger partial charge in [-0.05, 0) is 19.1 Å². The van der Waals surface area contributed by atoms with Crippen LogP contribution in [0.5, 0.6) is 5.75 Å². The van der Waals surface area contributed by atoms with Crippen molar-refractivity contribution in [3.63, 3.8) is 0 Å². The Bertz CT molecular complexity index is 755. The van der Waals surface area contributed by atoms with E-state index in [0.717, 1.165) is 7.11 Å². The van der Waals surface area contributed by atoms with Crippen LogP contribution in [-0.2, 0) is 4.74 Å². The molecule has 0 aliphatic rings. The monoisotopic (exact) mass is 292 g/mol. The first-order valence-corrected chi connectivity index (χ1v) is 6.00. The smallest absolute Gasteiger partial charge is 0.362 e. The molecule has 0 atom stereocenters. The number of esters is 1. The first kappa shape index (κ1) is 14.7. The fourth-order valence-corrected chi connectivity index (χ4v) is 1.77. The zero-order valence-electron chi connectivity index (χ0n) is 11.7. The number of hydrogen-bond donors (Lipinski definition) is 0. The Morgan fingerprint density at radius 2 is 2.05 bits per heavy atom. The highest BCUT2D eigenvalue weighted by atomic mass is 19.1. The average molecular weight is 292 g/mol. The Labute approximate surface area is 119 Å². The van der Waals surface area contributed by atoms with Crippen LogP contribution < -0.4 is 10.2 Å². The molecule has 0 aliphatic carbocycles. The van der Waals surface area contributed by atoms with E-state index in [4.69, 9.17) is 4.74 Å². The van der Waals surface area contributed by atoms with Gasteiger partial charge in [-0.1, -0.05) is 0 Å². The van der Waals surface area contributed by atoms with Crippen molar-refractivity contribution in [3.8, 4) is 11.4 Å². The highest BCUT2D eigenvalue weighted by Crippen LogP contribution is 2.19. The van der Waals surface area contributed by atoms with E-state index in [9.17, 15) is 14.0 Å². The summed E-state index contributed by atoms with van der Waals surface area (Å²) >= 11 is 0. The maximum Gasteiger partial charge on any atom is 0.362 e. The van der Waals surface area contributed by atoms with E-state index in [-0.39, 0.29) is 11.4 Å². The lowest BCUT2D eigenvalue weighted by atomic mass is 10.2. The predicted molar refractivity (Wildman–Crippen MR) is 72.4 cm³/mol. The summed E-state index contributed by atoms with van der Waals surface area (Å²) in [5.41, 5.74) is -0.232. The van der Waals surface area contributed by atoms with Gasteiger partial charge in [0.05, 0.1) is 19.9 Å². The molecule has 0 spiro atoms. The van der Waals surface area contributed by atoms with E-state index in [1.165, 1.54) is 37.0 Å². The summed E-state index contributed by atoms with van der Waals surface area (Å²) in [5.74, 6) is -1.33. The van der Waals surface area contributed by atoms with Crippen LogP contribution >= 0.6 is 0 Å². The molecule has 0 aliphatic heterocycles. The van der Waals surface area contributed by atoms with Crippen LogP contribution in [0.1, 0.15) is 16.1 Å². The number of aromatic nitrogens is 2. The largest absolute Gasteiger partial charge is 0.494 e. The number of ether oxygens (including phenoxy) is 2. The Hall–Kier alpha value is -2.70. The van der Waals surface area contributed by atoms with Crippen molar-refractivity contribution in [1.82, 2.24) is 9.78 Å². The maximum atomic E-state index is 13.7.